The van der Waals surface area contributed by atoms with Crippen LogP contribution in [0.5, 0.6) is 0 Å². The molecular formula is C22H24F3N5S2. The Bertz CT molecular complexity index is 1060. The minimum absolute atomic E-state index is 0.263. The lowest BCUT2D eigenvalue weighted by molar-refractivity contribution is -0.137. The summed E-state index contributed by atoms with van der Waals surface area (Å²) in [6.45, 7) is 3.15. The first-order valence-corrected chi connectivity index (χ1v) is 12.5. The number of hydrogen-bond acceptors (Lipinski definition) is 6. The van der Waals surface area contributed by atoms with Crippen LogP contribution < -0.4 is 0 Å². The molecule has 2 aromatic heterocycles. The van der Waals surface area contributed by atoms with E-state index in [2.05, 4.69) is 20.1 Å². The lowest BCUT2D eigenvalue weighted by Crippen LogP contribution is -2.23. The topological polar surface area (TPSA) is 46.8 Å². The molecule has 1 saturated carbocycles. The van der Waals surface area contributed by atoms with Crippen LogP contribution in [0.25, 0.3) is 10.8 Å². The molecule has 0 amide bonds. The van der Waals surface area contributed by atoms with E-state index in [1.54, 1.807) is 41.4 Å². The smallest absolute Gasteiger partial charge is 0.303 e. The normalized spacial score (nSPS) is 23.3. The maximum Gasteiger partial charge on any atom is 0.416 e. The van der Waals surface area contributed by atoms with Gasteiger partial charge in [-0.15, -0.1) is 21.5 Å². The van der Waals surface area contributed by atoms with Crippen molar-refractivity contribution in [3.05, 3.63) is 47.0 Å². The Kier molecular flexibility index (Phi) is 5.79. The molecule has 170 valence electrons. The highest BCUT2D eigenvalue weighted by Gasteiger charge is 2.57. The Morgan fingerprint density at radius 2 is 2.03 bits per heavy atom. The Morgan fingerprint density at radius 3 is 2.75 bits per heavy atom. The van der Waals surface area contributed by atoms with Gasteiger partial charge >= 0.3 is 6.18 Å². The number of benzene rings is 1. The summed E-state index contributed by atoms with van der Waals surface area (Å²) < 4.78 is 40.4. The van der Waals surface area contributed by atoms with Gasteiger partial charge in [-0.25, -0.2) is 4.98 Å². The van der Waals surface area contributed by atoms with Gasteiger partial charge in [0.1, 0.15) is 0 Å². The van der Waals surface area contributed by atoms with E-state index in [0.717, 1.165) is 66.2 Å². The van der Waals surface area contributed by atoms with Gasteiger partial charge in [-0.1, -0.05) is 23.9 Å². The molecule has 1 unspecified atom stereocenters. The summed E-state index contributed by atoms with van der Waals surface area (Å²) in [5.41, 5.74) is 0.746. The fraction of sp³-hybridized carbons (Fsp3) is 0.500. The first kappa shape index (κ1) is 21.9. The molecule has 1 aliphatic carbocycles. The van der Waals surface area contributed by atoms with Crippen LogP contribution in [0.2, 0.25) is 0 Å². The first-order chi connectivity index (χ1) is 15.4. The minimum Gasteiger partial charge on any atom is -0.303 e. The number of thiazole rings is 1. The molecule has 2 aliphatic rings. The van der Waals surface area contributed by atoms with Gasteiger partial charge in [-0.2, -0.15) is 13.2 Å². The molecule has 1 aliphatic heterocycles. The van der Waals surface area contributed by atoms with Gasteiger partial charge in [0.2, 0.25) is 0 Å². The Morgan fingerprint density at radius 1 is 1.22 bits per heavy atom. The number of nitrogens with zero attached hydrogens (tertiary/aromatic N) is 5. The van der Waals surface area contributed by atoms with E-state index >= 15 is 0 Å². The average molecular weight is 480 g/mol. The molecule has 1 saturated heterocycles. The molecule has 0 bridgehead atoms. The number of thioether (sulfide) groups is 1. The van der Waals surface area contributed by atoms with Crippen LogP contribution in [0.1, 0.15) is 36.3 Å². The maximum atomic E-state index is 12.8. The quantitative estimate of drug-likeness (QED) is 0.339. The number of aromatic nitrogens is 4. The summed E-state index contributed by atoms with van der Waals surface area (Å²) in [5, 5.41) is 12.3. The van der Waals surface area contributed by atoms with E-state index < -0.39 is 11.7 Å². The second-order valence-corrected chi connectivity index (χ2v) is 10.6. The first-order valence-electron chi connectivity index (χ1n) is 10.7. The summed E-state index contributed by atoms with van der Waals surface area (Å²) >= 11 is 3.27. The number of rotatable bonds is 7. The molecule has 10 heteroatoms. The summed E-state index contributed by atoms with van der Waals surface area (Å²) in [6.07, 6.45) is 0.779. The highest BCUT2D eigenvalue weighted by molar-refractivity contribution is 7.99. The van der Waals surface area contributed by atoms with Gasteiger partial charge in [0.15, 0.2) is 16.0 Å². The fourth-order valence-corrected chi connectivity index (χ4v) is 6.25. The zero-order valence-electron chi connectivity index (χ0n) is 17.7. The van der Waals surface area contributed by atoms with Gasteiger partial charge in [0, 0.05) is 30.9 Å². The molecule has 3 heterocycles. The van der Waals surface area contributed by atoms with E-state index in [9.17, 15) is 13.2 Å². The van der Waals surface area contributed by atoms with Crippen LogP contribution >= 0.6 is 23.1 Å². The Labute approximate surface area is 193 Å². The second kappa shape index (κ2) is 8.46. The van der Waals surface area contributed by atoms with E-state index in [0.29, 0.717) is 5.92 Å². The molecule has 32 heavy (non-hydrogen) atoms. The molecule has 1 spiro atoms. The predicted molar refractivity (Wildman–Crippen MR) is 120 cm³/mol. The van der Waals surface area contributed by atoms with Gasteiger partial charge in [0.25, 0.3) is 0 Å². The van der Waals surface area contributed by atoms with Crippen molar-refractivity contribution in [3.8, 4) is 10.8 Å². The van der Waals surface area contributed by atoms with Crippen molar-refractivity contribution in [2.45, 2.75) is 36.5 Å². The van der Waals surface area contributed by atoms with Crippen LogP contribution in [0.15, 0.2) is 41.0 Å². The van der Waals surface area contributed by atoms with E-state index in [4.69, 9.17) is 0 Å². The number of likely N-dealkylation sites (tertiary alicyclic amines) is 1. The van der Waals surface area contributed by atoms with Gasteiger partial charge in [-0.3, -0.25) is 0 Å². The monoisotopic (exact) mass is 479 g/mol. The molecule has 5 nitrogen and oxygen atoms in total. The van der Waals surface area contributed by atoms with Crippen molar-refractivity contribution in [1.82, 2.24) is 24.6 Å². The summed E-state index contributed by atoms with van der Waals surface area (Å²) in [4.78, 5) is 6.80. The van der Waals surface area contributed by atoms with Crippen LogP contribution in [0.4, 0.5) is 13.2 Å². The summed E-state index contributed by atoms with van der Waals surface area (Å²) in [5.74, 6) is 2.16. The van der Waals surface area contributed by atoms with Crippen molar-refractivity contribution in [3.63, 3.8) is 0 Å². The standard InChI is InChI=1S/C22H24F3N5S2/c1-29-18(19-26-8-12-31-19)27-28-20(29)32-11-2-9-30-10-7-21(14-30)13-17(21)15-3-5-16(6-4-15)22(23,24)25/h3-6,8,12,17H,2,7,9-11,13-14H2,1H3/t17?,21-/m0/s1. The lowest BCUT2D eigenvalue weighted by Gasteiger charge is -2.16. The van der Waals surface area contributed by atoms with Crippen molar-refractivity contribution >= 4 is 23.1 Å². The SMILES string of the molecule is Cn1c(SCCCN2CC[C@]3(CC3c3ccc(C(F)(F)F)cc3)C2)nnc1-c1nccs1. The average Bonchev–Trinajstić information content (AvgIpc) is 3.16. The van der Waals surface area contributed by atoms with Crippen LogP contribution in [-0.4, -0.2) is 50.0 Å². The fourth-order valence-electron chi connectivity index (χ4n) is 4.76. The molecule has 2 fully saturated rings. The number of halogens is 3. The number of hydrogen-bond donors (Lipinski definition) is 0. The van der Waals surface area contributed by atoms with Crippen LogP contribution in [0, 0.1) is 5.41 Å². The third-order valence-corrected chi connectivity index (χ3v) is 8.48. The van der Waals surface area contributed by atoms with Crippen molar-refractivity contribution in [2.24, 2.45) is 12.5 Å². The van der Waals surface area contributed by atoms with Crippen molar-refractivity contribution < 1.29 is 13.2 Å². The van der Waals surface area contributed by atoms with Gasteiger partial charge in [0.05, 0.1) is 5.56 Å². The predicted octanol–water partition coefficient (Wildman–Crippen LogP) is 5.32. The lowest BCUT2D eigenvalue weighted by atomic mass is 9.97. The molecule has 1 aromatic carbocycles. The molecule has 0 radical (unpaired) electrons. The maximum absolute atomic E-state index is 12.8. The molecule has 3 aromatic rings. The highest BCUT2D eigenvalue weighted by Crippen LogP contribution is 2.64. The van der Waals surface area contributed by atoms with Crippen molar-refractivity contribution in [1.29, 1.82) is 0 Å². The Balaban J connectivity index is 1.08. The summed E-state index contributed by atoms with van der Waals surface area (Å²) in [7, 11) is 1.97. The molecule has 2 atom stereocenters. The van der Waals surface area contributed by atoms with Gasteiger partial charge < -0.3 is 9.47 Å². The third-order valence-electron chi connectivity index (χ3n) is 6.60. The third kappa shape index (κ3) is 4.32. The zero-order valence-corrected chi connectivity index (χ0v) is 19.3. The number of alkyl halides is 3. The van der Waals surface area contributed by atoms with Crippen LogP contribution in [-0.2, 0) is 13.2 Å². The van der Waals surface area contributed by atoms with E-state index in [1.165, 1.54) is 12.1 Å². The van der Waals surface area contributed by atoms with Crippen molar-refractivity contribution in [2.75, 3.05) is 25.4 Å². The van der Waals surface area contributed by atoms with E-state index in [1.807, 2.05) is 17.0 Å². The van der Waals surface area contributed by atoms with Gasteiger partial charge in [-0.05, 0) is 61.4 Å². The van der Waals surface area contributed by atoms with Crippen LogP contribution in [0.3, 0.4) is 0 Å². The zero-order chi connectivity index (χ0) is 22.3. The molecule has 5 rings (SSSR count). The largest absolute Gasteiger partial charge is 0.416 e. The van der Waals surface area contributed by atoms with E-state index in [-0.39, 0.29) is 5.41 Å². The minimum atomic E-state index is -4.27. The molecule has 0 N–H and O–H groups in total. The Hall–Kier alpha value is -1.91. The second-order valence-electron chi connectivity index (χ2n) is 8.67. The molecular weight excluding hydrogens is 455 g/mol. The summed E-state index contributed by atoms with van der Waals surface area (Å²) in [6, 6.07) is 5.78. The highest BCUT2D eigenvalue weighted by atomic mass is 32.2.